The van der Waals surface area contributed by atoms with Gasteiger partial charge in [-0.2, -0.15) is 0 Å². The minimum Gasteiger partial charge on any atom is -0.726 e. The van der Waals surface area contributed by atoms with E-state index in [9.17, 15) is 13.0 Å². The molecule has 0 aliphatic rings. The number of ether oxygens (including phenoxy) is 3. The van der Waals surface area contributed by atoms with E-state index in [2.05, 4.69) is 18.0 Å². The van der Waals surface area contributed by atoms with Gasteiger partial charge in [-0.05, 0) is 25.7 Å². The summed E-state index contributed by atoms with van der Waals surface area (Å²) in [6, 6.07) is 0. The first-order chi connectivity index (χ1) is 12.4. The third-order valence-electron chi connectivity index (χ3n) is 4.10. The number of unbranched alkanes of at least 4 members (excludes halogenated alkanes) is 4. The summed E-state index contributed by atoms with van der Waals surface area (Å²) in [4.78, 5) is 0. The maximum atomic E-state index is 10.9. The second-order valence-electron chi connectivity index (χ2n) is 6.79. The zero-order valence-electron chi connectivity index (χ0n) is 18.7. The molecular formula is C18H37Na2O7S+. The predicted octanol–water partition coefficient (Wildman–Crippen LogP) is -2.70. The Balaban J connectivity index is -0.00000312. The summed E-state index contributed by atoms with van der Waals surface area (Å²) in [5.74, 6) is 0. The van der Waals surface area contributed by atoms with Crippen LogP contribution in [0.5, 0.6) is 0 Å². The van der Waals surface area contributed by atoms with Crippen LogP contribution in [0, 0.1) is 5.41 Å². The largest absolute Gasteiger partial charge is 1.00 e. The van der Waals surface area contributed by atoms with E-state index in [1.165, 1.54) is 6.42 Å². The van der Waals surface area contributed by atoms with Crippen LogP contribution in [0.3, 0.4) is 0 Å². The van der Waals surface area contributed by atoms with Crippen LogP contribution >= 0.6 is 0 Å². The van der Waals surface area contributed by atoms with E-state index in [1.807, 2.05) is 0 Å². The minimum absolute atomic E-state index is 0. The van der Waals surface area contributed by atoms with Crippen molar-refractivity contribution in [2.75, 3.05) is 46.8 Å². The Morgan fingerprint density at radius 3 is 2.00 bits per heavy atom. The summed E-state index contributed by atoms with van der Waals surface area (Å²) in [6.07, 6.45) is 7.68. The quantitative estimate of drug-likeness (QED) is 0.0928. The Kier molecular flexibility index (Phi) is 27.0. The van der Waals surface area contributed by atoms with Crippen molar-refractivity contribution in [2.45, 2.75) is 65.2 Å². The van der Waals surface area contributed by atoms with E-state index >= 15 is 0 Å². The minimum atomic E-state index is -4.75. The summed E-state index contributed by atoms with van der Waals surface area (Å²) in [6.45, 7) is 6.56. The maximum Gasteiger partial charge on any atom is 1.00 e. The fourth-order valence-electron chi connectivity index (χ4n) is 2.71. The second kappa shape index (κ2) is 22.0. The van der Waals surface area contributed by atoms with Crippen molar-refractivity contribution in [2.24, 2.45) is 5.41 Å². The van der Waals surface area contributed by atoms with Gasteiger partial charge < -0.3 is 18.8 Å². The fraction of sp³-hybridized carbons (Fsp3) is 1.00. The van der Waals surface area contributed by atoms with Crippen molar-refractivity contribution in [3.8, 4) is 0 Å². The van der Waals surface area contributed by atoms with Crippen molar-refractivity contribution in [1.29, 1.82) is 0 Å². The molecule has 0 aromatic heterocycles. The van der Waals surface area contributed by atoms with E-state index in [-0.39, 0.29) is 72.3 Å². The van der Waals surface area contributed by atoms with Crippen LogP contribution in [-0.2, 0) is 28.8 Å². The van der Waals surface area contributed by atoms with Crippen molar-refractivity contribution < 1.29 is 90.5 Å². The fourth-order valence-corrected chi connectivity index (χ4v) is 3.11. The number of methoxy groups -OCH3 is 1. The Hall–Kier alpha value is 1.75. The Bertz CT molecular complexity index is 406. The molecule has 0 saturated heterocycles. The molecule has 0 aliphatic heterocycles. The molecule has 0 spiro atoms. The summed E-state index contributed by atoms with van der Waals surface area (Å²) in [7, 11) is -3.20. The normalized spacial score (nSPS) is 13.4. The van der Waals surface area contributed by atoms with Crippen molar-refractivity contribution in [3.05, 3.63) is 0 Å². The molecule has 0 amide bonds. The molecule has 7 nitrogen and oxygen atoms in total. The van der Waals surface area contributed by atoms with Crippen LogP contribution in [0.15, 0.2) is 0 Å². The number of rotatable bonds is 19. The molecule has 0 rings (SSSR count). The predicted molar refractivity (Wildman–Crippen MR) is 99.9 cm³/mol. The molecule has 0 aliphatic carbocycles. The first kappa shape index (κ1) is 34.4. The van der Waals surface area contributed by atoms with Crippen LogP contribution in [-0.4, -0.2) is 59.7 Å². The molecule has 0 aromatic carbocycles. The van der Waals surface area contributed by atoms with Gasteiger partial charge >= 0.3 is 59.1 Å². The van der Waals surface area contributed by atoms with E-state index < -0.39 is 15.8 Å². The second-order valence-corrected chi connectivity index (χ2v) is 7.84. The molecule has 0 heterocycles. The van der Waals surface area contributed by atoms with Gasteiger partial charge in [0.25, 0.3) is 0 Å². The van der Waals surface area contributed by atoms with Gasteiger partial charge in [0.1, 0.15) is 0 Å². The van der Waals surface area contributed by atoms with Gasteiger partial charge in [-0.3, -0.25) is 4.18 Å². The molecule has 0 unspecified atom stereocenters. The van der Waals surface area contributed by atoms with Gasteiger partial charge in [0, 0.05) is 32.3 Å². The number of hydrogen-bond acceptors (Lipinski definition) is 7. The van der Waals surface area contributed by atoms with Gasteiger partial charge in [0.2, 0.25) is 10.4 Å². The molecule has 28 heavy (non-hydrogen) atoms. The van der Waals surface area contributed by atoms with Crippen LogP contribution in [0.1, 0.15) is 65.2 Å². The van der Waals surface area contributed by atoms with E-state index in [4.69, 9.17) is 14.2 Å². The Labute approximate surface area is 216 Å². The molecule has 0 N–H and O–H groups in total. The first-order valence-electron chi connectivity index (χ1n) is 9.64. The van der Waals surface area contributed by atoms with Crippen LogP contribution in [0.4, 0.5) is 0 Å². The Morgan fingerprint density at radius 2 is 1.43 bits per heavy atom. The average Bonchev–Trinajstić information content (AvgIpc) is 2.59. The van der Waals surface area contributed by atoms with E-state index in [0.29, 0.717) is 26.2 Å². The van der Waals surface area contributed by atoms with Crippen molar-refractivity contribution in [1.82, 2.24) is 0 Å². The standard InChI is InChI=1S/C18H38O7S.2Na/c1-4-6-7-9-14-24-16-18(15-22-3,17-25-26(19,20)21)11-8-10-13-23-12-5-2;;/h4-17H2,1-3H3,(H,19,20,21);;/q;2*+1/p-1/t18-;;/m1../s1. The third-order valence-corrected chi connectivity index (χ3v) is 4.51. The molecule has 0 radical (unpaired) electrons. The summed E-state index contributed by atoms with van der Waals surface area (Å²) in [5, 5.41) is 0. The summed E-state index contributed by atoms with van der Waals surface area (Å²) >= 11 is 0. The zero-order chi connectivity index (χ0) is 19.7. The van der Waals surface area contributed by atoms with Crippen LogP contribution < -0.4 is 59.1 Å². The van der Waals surface area contributed by atoms with E-state index in [0.717, 1.165) is 45.1 Å². The van der Waals surface area contributed by atoms with Gasteiger partial charge in [-0.1, -0.05) is 39.5 Å². The topological polar surface area (TPSA) is 94.1 Å². The molecule has 0 aromatic rings. The molecule has 0 saturated carbocycles. The molecule has 158 valence electrons. The molecule has 10 heteroatoms. The monoisotopic (exact) mass is 443 g/mol. The molecular weight excluding hydrogens is 406 g/mol. The van der Waals surface area contributed by atoms with Crippen molar-refractivity contribution >= 4 is 10.4 Å². The molecule has 0 fully saturated rings. The van der Waals surface area contributed by atoms with Gasteiger partial charge in [0.15, 0.2) is 0 Å². The van der Waals surface area contributed by atoms with E-state index in [1.54, 1.807) is 7.11 Å². The number of hydrogen-bond donors (Lipinski definition) is 0. The summed E-state index contributed by atoms with van der Waals surface area (Å²) < 4.78 is 53.8. The third kappa shape index (κ3) is 21.0. The SMILES string of the molecule is CCCCCCOC[C@@](CCCCOCCC)(COC)COS(=O)(=O)[O-].[Na+].[Na+]. The van der Waals surface area contributed by atoms with Gasteiger partial charge in [-0.25, -0.2) is 8.42 Å². The van der Waals surface area contributed by atoms with Crippen molar-refractivity contribution in [3.63, 3.8) is 0 Å². The Morgan fingerprint density at radius 1 is 0.786 bits per heavy atom. The first-order valence-corrected chi connectivity index (χ1v) is 11.0. The zero-order valence-corrected chi connectivity index (χ0v) is 23.5. The summed E-state index contributed by atoms with van der Waals surface area (Å²) in [5.41, 5.74) is -0.651. The average molecular weight is 444 g/mol. The molecule has 1 atom stereocenters. The maximum absolute atomic E-state index is 10.9. The van der Waals surface area contributed by atoms with Gasteiger partial charge in [0.05, 0.1) is 19.8 Å². The van der Waals surface area contributed by atoms with Gasteiger partial charge in [-0.15, -0.1) is 0 Å². The van der Waals surface area contributed by atoms with Crippen LogP contribution in [0.25, 0.3) is 0 Å². The molecule has 0 bridgehead atoms. The van der Waals surface area contributed by atoms with Crippen LogP contribution in [0.2, 0.25) is 0 Å². The smallest absolute Gasteiger partial charge is 0.726 e.